The van der Waals surface area contributed by atoms with E-state index in [9.17, 15) is 4.79 Å². The first-order chi connectivity index (χ1) is 22.1. The summed E-state index contributed by atoms with van der Waals surface area (Å²) in [6.07, 6.45) is 18.5. The Hall–Kier alpha value is -0.956. The number of unbranched alkanes of at least 4 members (excludes halogenated alkanes) is 1. The van der Waals surface area contributed by atoms with Crippen molar-refractivity contribution in [2.45, 2.75) is 188 Å². The Labute approximate surface area is 299 Å². The molecule has 0 radical (unpaired) electrons. The van der Waals surface area contributed by atoms with Crippen LogP contribution in [-0.2, 0) is 18.4 Å². The normalized spacial score (nSPS) is 29.5. The molecule has 6 heteroatoms. The van der Waals surface area contributed by atoms with Gasteiger partial charge in [-0.25, -0.2) is 0 Å². The zero-order chi connectivity index (χ0) is 36.3. The third kappa shape index (κ3) is 9.67. The van der Waals surface area contributed by atoms with Crippen molar-refractivity contribution in [1.82, 2.24) is 0 Å². The Bertz CT molecular complexity index is 1130. The van der Waals surface area contributed by atoms with Crippen LogP contribution in [0.1, 0.15) is 139 Å². The summed E-state index contributed by atoms with van der Waals surface area (Å²) in [5, 5.41) is 0.286. The highest BCUT2D eigenvalue weighted by Gasteiger charge is 2.52. The monoisotopic (exact) mass is 701 g/mol. The number of carbonyl (C=O) groups excluding carboxylic acids is 1. The Morgan fingerprint density at radius 1 is 0.958 bits per heavy atom. The van der Waals surface area contributed by atoms with Gasteiger partial charge in [0.05, 0.1) is 19.3 Å². The van der Waals surface area contributed by atoms with E-state index in [0.29, 0.717) is 35.5 Å². The third-order valence-electron chi connectivity index (χ3n) is 14.0. The molecule has 0 aliphatic heterocycles. The van der Waals surface area contributed by atoms with Gasteiger partial charge in [-0.15, -0.1) is 0 Å². The molecule has 276 valence electrons. The van der Waals surface area contributed by atoms with Gasteiger partial charge in [0.1, 0.15) is 0 Å². The van der Waals surface area contributed by atoms with Gasteiger partial charge in [0, 0.05) is 6.42 Å². The molecule has 0 amide bonds. The minimum Gasteiger partial charge on any atom is -0.469 e. The van der Waals surface area contributed by atoms with E-state index in [1.807, 2.05) is 0 Å². The Balaban J connectivity index is 1.89. The van der Waals surface area contributed by atoms with E-state index >= 15 is 0 Å². The lowest BCUT2D eigenvalue weighted by Gasteiger charge is -2.46. The summed E-state index contributed by atoms with van der Waals surface area (Å²) in [7, 11) is -2.47. The summed E-state index contributed by atoms with van der Waals surface area (Å²) < 4.78 is 19.3. The molecule has 3 fully saturated rings. The lowest BCUT2D eigenvalue weighted by atomic mass is 9.59. The van der Waals surface area contributed by atoms with Crippen LogP contribution >= 0.6 is 0 Å². The number of esters is 1. The molecule has 0 N–H and O–H groups in total. The minimum atomic E-state index is -2.00. The first kappa shape index (κ1) is 41.5. The second-order valence-electron chi connectivity index (χ2n) is 19.3. The molecule has 0 unspecified atom stereocenters. The van der Waals surface area contributed by atoms with Gasteiger partial charge in [0.15, 0.2) is 16.6 Å². The molecule has 7 atom stereocenters. The smallest absolute Gasteiger partial charge is 0.305 e. The average Bonchev–Trinajstić information content (AvgIpc) is 3.33. The molecule has 0 saturated heterocycles. The molecule has 48 heavy (non-hydrogen) atoms. The molecular formula is C42H76O4Si2. The van der Waals surface area contributed by atoms with Crippen LogP contribution in [-0.4, -0.2) is 41.9 Å². The fraction of sp³-hybridized carbons (Fsp3) is 0.833. The highest BCUT2D eigenvalue weighted by molar-refractivity contribution is 6.74. The third-order valence-corrected chi connectivity index (χ3v) is 23.0. The second-order valence-corrected chi connectivity index (χ2v) is 28.8. The van der Waals surface area contributed by atoms with Crippen LogP contribution in [0.25, 0.3) is 0 Å². The highest BCUT2D eigenvalue weighted by atomic mass is 28.4. The van der Waals surface area contributed by atoms with Crippen molar-refractivity contribution in [1.29, 1.82) is 0 Å². The van der Waals surface area contributed by atoms with Gasteiger partial charge in [-0.1, -0.05) is 111 Å². The van der Waals surface area contributed by atoms with Gasteiger partial charge in [-0.3, -0.25) is 4.79 Å². The SMILES string of the molecule is C=C1[C@H](O[Si](C)(C)C(C)(C)C)CC(=C/C=C2\CCC[C@]3(C)[C@@H]([C@H](C)[C@@H](CCCC)CCC(=O)OC)CC[C@@H]23)C[C@H]1O[Si](C)(C)C(C)(C)C. The lowest BCUT2D eigenvalue weighted by molar-refractivity contribution is -0.141. The maximum absolute atomic E-state index is 12.1. The van der Waals surface area contributed by atoms with Crippen molar-refractivity contribution in [2.75, 3.05) is 7.11 Å². The maximum atomic E-state index is 12.1. The van der Waals surface area contributed by atoms with Crippen molar-refractivity contribution in [3.05, 3.63) is 35.5 Å². The average molecular weight is 701 g/mol. The lowest BCUT2D eigenvalue weighted by Crippen LogP contribution is -2.49. The summed E-state index contributed by atoms with van der Waals surface area (Å²) in [6.45, 7) is 35.5. The van der Waals surface area contributed by atoms with E-state index in [0.717, 1.165) is 24.8 Å². The summed E-state index contributed by atoms with van der Waals surface area (Å²) in [5.74, 6) is 2.52. The molecule has 0 aromatic heterocycles. The zero-order valence-corrected chi connectivity index (χ0v) is 35.9. The van der Waals surface area contributed by atoms with Gasteiger partial charge in [-0.2, -0.15) is 0 Å². The number of carbonyl (C=O) groups is 1. The standard InChI is InChI=1S/C42H76O4Si2/c1-16-17-19-33(23-26-39(43)44-11)30(2)35-24-25-36-34(20-18-27-42(35,36)10)22-21-32-28-37(45-47(12,13)40(4,5)6)31(3)38(29-32)46-48(14,15)41(7,8)9/h21-22,30,33,35-38H,3,16-20,23-29H2,1-2,4-15H3/b34-22+/t30-,33+,35-,36+,37-,38-,42-/m1/s1. The van der Waals surface area contributed by atoms with Crippen LogP contribution < -0.4 is 0 Å². The summed E-state index contributed by atoms with van der Waals surface area (Å²) in [4.78, 5) is 12.1. The Morgan fingerprint density at radius 2 is 1.52 bits per heavy atom. The molecule has 3 aliphatic rings. The van der Waals surface area contributed by atoms with Crippen LogP contribution in [0.5, 0.6) is 0 Å². The van der Waals surface area contributed by atoms with E-state index in [1.165, 1.54) is 64.0 Å². The van der Waals surface area contributed by atoms with E-state index in [-0.39, 0.29) is 28.3 Å². The largest absolute Gasteiger partial charge is 0.469 e. The van der Waals surface area contributed by atoms with Crippen LogP contribution in [0.2, 0.25) is 36.3 Å². The molecular weight excluding hydrogens is 625 g/mol. The van der Waals surface area contributed by atoms with Gasteiger partial charge >= 0.3 is 5.97 Å². The summed E-state index contributed by atoms with van der Waals surface area (Å²) in [5.41, 5.74) is 4.61. The summed E-state index contributed by atoms with van der Waals surface area (Å²) in [6, 6.07) is 0. The van der Waals surface area contributed by atoms with Crippen molar-refractivity contribution in [3.63, 3.8) is 0 Å². The second kappa shape index (κ2) is 16.2. The molecule has 0 aromatic carbocycles. The molecule has 0 aromatic rings. The zero-order valence-electron chi connectivity index (χ0n) is 33.9. The molecule has 3 saturated carbocycles. The number of fused-ring (bicyclic) bond motifs is 1. The molecule has 0 spiro atoms. The maximum Gasteiger partial charge on any atom is 0.305 e. The van der Waals surface area contributed by atoms with Crippen LogP contribution in [0.4, 0.5) is 0 Å². The van der Waals surface area contributed by atoms with E-state index in [1.54, 1.807) is 5.57 Å². The van der Waals surface area contributed by atoms with Gasteiger partial charge in [0.25, 0.3) is 0 Å². The fourth-order valence-electron chi connectivity index (χ4n) is 8.70. The van der Waals surface area contributed by atoms with Gasteiger partial charge in [-0.05, 0) is 122 Å². The number of rotatable bonds is 13. The number of ether oxygens (including phenoxy) is 1. The van der Waals surface area contributed by atoms with E-state index in [2.05, 4.69) is 107 Å². The Morgan fingerprint density at radius 3 is 2.02 bits per heavy atom. The van der Waals surface area contributed by atoms with Crippen LogP contribution in [0.15, 0.2) is 35.5 Å². The first-order valence-electron chi connectivity index (χ1n) is 19.6. The molecule has 3 rings (SSSR count). The highest BCUT2D eigenvalue weighted by Crippen LogP contribution is 2.60. The molecule has 4 nitrogen and oxygen atoms in total. The summed E-state index contributed by atoms with van der Waals surface area (Å²) >= 11 is 0. The number of hydrogen-bond acceptors (Lipinski definition) is 4. The quantitative estimate of drug-likeness (QED) is 0.109. The van der Waals surface area contributed by atoms with Crippen molar-refractivity contribution in [2.24, 2.45) is 29.1 Å². The molecule has 0 bridgehead atoms. The number of hydrogen-bond donors (Lipinski definition) is 0. The Kier molecular flexibility index (Phi) is 14.0. The topological polar surface area (TPSA) is 44.8 Å². The van der Waals surface area contributed by atoms with Crippen molar-refractivity contribution >= 4 is 22.6 Å². The number of methoxy groups -OCH3 is 1. The molecule has 3 aliphatic carbocycles. The van der Waals surface area contributed by atoms with Crippen LogP contribution in [0, 0.1) is 29.1 Å². The van der Waals surface area contributed by atoms with E-state index < -0.39 is 16.6 Å². The van der Waals surface area contributed by atoms with Crippen LogP contribution in [0.3, 0.4) is 0 Å². The van der Waals surface area contributed by atoms with Gasteiger partial charge < -0.3 is 13.6 Å². The minimum absolute atomic E-state index is 0.0115. The predicted molar refractivity (Wildman–Crippen MR) is 210 cm³/mol. The van der Waals surface area contributed by atoms with Crippen molar-refractivity contribution in [3.8, 4) is 0 Å². The fourth-order valence-corrected chi connectivity index (χ4v) is 11.3. The first-order valence-corrected chi connectivity index (χ1v) is 25.4. The van der Waals surface area contributed by atoms with Gasteiger partial charge in [0.2, 0.25) is 0 Å². The van der Waals surface area contributed by atoms with E-state index in [4.69, 9.17) is 13.6 Å². The van der Waals surface area contributed by atoms with Crippen molar-refractivity contribution < 1.29 is 18.4 Å². The number of allylic oxidation sites excluding steroid dienone is 3. The molecule has 0 heterocycles. The predicted octanol–water partition coefficient (Wildman–Crippen LogP) is 12.6.